The molecule has 1 N–H and O–H groups in total. The molecule has 0 fully saturated rings. The van der Waals surface area contributed by atoms with Crippen LogP contribution in [-0.4, -0.2) is 12.5 Å². The van der Waals surface area contributed by atoms with Crippen LogP contribution in [-0.2, 0) is 11.2 Å². The van der Waals surface area contributed by atoms with Gasteiger partial charge in [-0.2, -0.15) is 5.26 Å². The average molecular weight is 368 g/mol. The zero-order valence-electron chi connectivity index (χ0n) is 15.3. The second kappa shape index (κ2) is 9.75. The van der Waals surface area contributed by atoms with Gasteiger partial charge in [0.2, 0.25) is 0 Å². The third-order valence-electron chi connectivity index (χ3n) is 4.08. The molecule has 0 aliphatic carbocycles. The Hall–Kier alpha value is -3.84. The van der Waals surface area contributed by atoms with Gasteiger partial charge in [-0.25, -0.2) is 0 Å². The van der Waals surface area contributed by atoms with Crippen LogP contribution in [0.15, 0.2) is 90.5 Å². The summed E-state index contributed by atoms with van der Waals surface area (Å²) >= 11 is 0. The first-order chi connectivity index (χ1) is 13.7. The number of hydrogen-bond acceptors (Lipinski definition) is 3. The van der Waals surface area contributed by atoms with Crippen molar-refractivity contribution in [3.05, 3.63) is 102 Å². The van der Waals surface area contributed by atoms with Crippen molar-refractivity contribution in [3.8, 4) is 17.6 Å². The molecule has 0 bridgehead atoms. The van der Waals surface area contributed by atoms with E-state index in [0.717, 1.165) is 23.3 Å². The monoisotopic (exact) mass is 368 g/mol. The first kappa shape index (κ1) is 18.9. The summed E-state index contributed by atoms with van der Waals surface area (Å²) in [5.41, 5.74) is 1.97. The molecular weight excluding hydrogens is 348 g/mol. The Labute approximate surface area is 164 Å². The lowest BCUT2D eigenvalue weighted by Gasteiger charge is -2.06. The van der Waals surface area contributed by atoms with Crippen LogP contribution in [0.3, 0.4) is 0 Å². The van der Waals surface area contributed by atoms with E-state index in [1.807, 2.05) is 78.9 Å². The van der Waals surface area contributed by atoms with Crippen LogP contribution in [0, 0.1) is 11.3 Å². The molecule has 3 rings (SSSR count). The van der Waals surface area contributed by atoms with E-state index in [9.17, 15) is 10.1 Å². The third-order valence-corrected chi connectivity index (χ3v) is 4.08. The number of carbonyl (C=O) groups excluding carboxylic acids is 1. The lowest BCUT2D eigenvalue weighted by Crippen LogP contribution is -2.26. The molecule has 0 aromatic heterocycles. The molecule has 0 aliphatic heterocycles. The maximum Gasteiger partial charge on any atom is 0.261 e. The van der Waals surface area contributed by atoms with Gasteiger partial charge in [-0.15, -0.1) is 0 Å². The van der Waals surface area contributed by atoms with Crippen molar-refractivity contribution in [1.29, 1.82) is 5.26 Å². The number of amides is 1. The molecular formula is C24H20N2O2. The highest BCUT2D eigenvalue weighted by atomic mass is 16.5. The van der Waals surface area contributed by atoms with Gasteiger partial charge < -0.3 is 10.1 Å². The number of para-hydroxylation sites is 1. The minimum absolute atomic E-state index is 0.0739. The first-order valence-corrected chi connectivity index (χ1v) is 9.01. The van der Waals surface area contributed by atoms with Crippen molar-refractivity contribution >= 4 is 12.0 Å². The van der Waals surface area contributed by atoms with Crippen molar-refractivity contribution in [1.82, 2.24) is 5.32 Å². The Bertz CT molecular complexity index is 973. The minimum Gasteiger partial charge on any atom is -0.457 e. The van der Waals surface area contributed by atoms with E-state index in [0.29, 0.717) is 12.3 Å². The van der Waals surface area contributed by atoms with Gasteiger partial charge in [0.05, 0.1) is 0 Å². The molecule has 3 aromatic rings. The van der Waals surface area contributed by atoms with E-state index in [1.54, 1.807) is 18.2 Å². The molecule has 1 amide bonds. The molecule has 0 atom stereocenters. The van der Waals surface area contributed by atoms with Crippen molar-refractivity contribution in [2.75, 3.05) is 6.54 Å². The van der Waals surface area contributed by atoms with Gasteiger partial charge in [0, 0.05) is 6.54 Å². The number of nitrogens with one attached hydrogen (secondary N) is 1. The number of hydrogen-bond donors (Lipinski definition) is 1. The van der Waals surface area contributed by atoms with E-state index < -0.39 is 0 Å². The van der Waals surface area contributed by atoms with Crippen LogP contribution >= 0.6 is 0 Å². The Morgan fingerprint density at radius 2 is 1.50 bits per heavy atom. The molecule has 0 radical (unpaired) electrons. The number of rotatable bonds is 7. The fraction of sp³-hybridized carbons (Fsp3) is 0.0833. The largest absolute Gasteiger partial charge is 0.457 e. The summed E-state index contributed by atoms with van der Waals surface area (Å²) in [6.07, 6.45) is 2.29. The molecule has 3 aromatic carbocycles. The fourth-order valence-electron chi connectivity index (χ4n) is 2.63. The molecule has 4 nitrogen and oxygen atoms in total. The lowest BCUT2D eigenvalue weighted by molar-refractivity contribution is -0.117. The Morgan fingerprint density at radius 3 is 2.14 bits per heavy atom. The van der Waals surface area contributed by atoms with Gasteiger partial charge >= 0.3 is 0 Å². The highest BCUT2D eigenvalue weighted by Gasteiger charge is 2.08. The average Bonchev–Trinajstić information content (AvgIpc) is 2.74. The predicted molar refractivity (Wildman–Crippen MR) is 110 cm³/mol. The zero-order chi connectivity index (χ0) is 19.6. The van der Waals surface area contributed by atoms with Crippen LogP contribution < -0.4 is 10.1 Å². The second-order valence-corrected chi connectivity index (χ2v) is 6.15. The highest BCUT2D eigenvalue weighted by molar-refractivity contribution is 6.01. The number of nitriles is 1. The minimum atomic E-state index is -0.372. The summed E-state index contributed by atoms with van der Waals surface area (Å²) in [5, 5.41) is 12.1. The van der Waals surface area contributed by atoms with Crippen LogP contribution in [0.1, 0.15) is 11.1 Å². The normalized spacial score (nSPS) is 10.8. The van der Waals surface area contributed by atoms with Crippen molar-refractivity contribution in [2.24, 2.45) is 0 Å². The predicted octanol–water partition coefficient (Wildman–Crippen LogP) is 4.74. The summed E-state index contributed by atoms with van der Waals surface area (Å²) < 4.78 is 5.74. The maximum atomic E-state index is 12.3. The zero-order valence-corrected chi connectivity index (χ0v) is 15.3. The number of benzene rings is 3. The second-order valence-electron chi connectivity index (χ2n) is 6.15. The van der Waals surface area contributed by atoms with Crippen molar-refractivity contribution in [2.45, 2.75) is 6.42 Å². The van der Waals surface area contributed by atoms with Gasteiger partial charge in [-0.3, -0.25) is 4.79 Å². The third kappa shape index (κ3) is 5.58. The summed E-state index contributed by atoms with van der Waals surface area (Å²) in [7, 11) is 0. The van der Waals surface area contributed by atoms with E-state index >= 15 is 0 Å². The SMILES string of the molecule is N#CC(=Cc1ccc(Oc2ccccc2)cc1)C(=O)NCCc1ccccc1. The molecule has 0 heterocycles. The Balaban J connectivity index is 1.58. The Kier molecular flexibility index (Phi) is 6.59. The lowest BCUT2D eigenvalue weighted by atomic mass is 10.1. The van der Waals surface area contributed by atoms with E-state index in [2.05, 4.69) is 5.32 Å². The molecule has 0 saturated carbocycles. The summed E-state index contributed by atoms with van der Waals surface area (Å²) in [6, 6.07) is 28.6. The standard InChI is InChI=1S/C24H20N2O2/c25-18-21(24(27)26-16-15-19-7-3-1-4-8-19)17-20-11-13-23(14-12-20)28-22-9-5-2-6-10-22/h1-14,17H,15-16H2,(H,26,27). The molecule has 4 heteroatoms. The Morgan fingerprint density at radius 1 is 0.893 bits per heavy atom. The molecule has 28 heavy (non-hydrogen) atoms. The van der Waals surface area contributed by atoms with Crippen LogP contribution in [0.4, 0.5) is 0 Å². The van der Waals surface area contributed by atoms with Crippen molar-refractivity contribution < 1.29 is 9.53 Å². The molecule has 0 spiro atoms. The smallest absolute Gasteiger partial charge is 0.261 e. The summed E-state index contributed by atoms with van der Waals surface area (Å²) in [4.78, 5) is 12.3. The van der Waals surface area contributed by atoms with E-state index in [-0.39, 0.29) is 11.5 Å². The molecule has 0 saturated heterocycles. The van der Waals surface area contributed by atoms with Gasteiger partial charge in [0.1, 0.15) is 23.1 Å². The van der Waals surface area contributed by atoms with Gasteiger partial charge in [0.15, 0.2) is 0 Å². The van der Waals surface area contributed by atoms with Gasteiger partial charge in [-0.05, 0) is 47.9 Å². The molecule has 0 aliphatic rings. The number of nitrogens with zero attached hydrogens (tertiary/aromatic N) is 1. The maximum absolute atomic E-state index is 12.3. The number of carbonyl (C=O) groups is 1. The number of ether oxygens (including phenoxy) is 1. The summed E-state index contributed by atoms with van der Waals surface area (Å²) in [5.74, 6) is 1.07. The fourth-order valence-corrected chi connectivity index (χ4v) is 2.63. The van der Waals surface area contributed by atoms with Crippen LogP contribution in [0.5, 0.6) is 11.5 Å². The first-order valence-electron chi connectivity index (χ1n) is 9.01. The van der Waals surface area contributed by atoms with Crippen LogP contribution in [0.2, 0.25) is 0 Å². The molecule has 0 unspecified atom stereocenters. The van der Waals surface area contributed by atoms with E-state index in [1.165, 1.54) is 0 Å². The van der Waals surface area contributed by atoms with Crippen LogP contribution in [0.25, 0.3) is 6.08 Å². The topological polar surface area (TPSA) is 62.1 Å². The highest BCUT2D eigenvalue weighted by Crippen LogP contribution is 2.21. The van der Waals surface area contributed by atoms with E-state index in [4.69, 9.17) is 4.74 Å². The van der Waals surface area contributed by atoms with Crippen molar-refractivity contribution in [3.63, 3.8) is 0 Å². The molecule has 138 valence electrons. The van der Waals surface area contributed by atoms with Gasteiger partial charge in [-0.1, -0.05) is 60.7 Å². The van der Waals surface area contributed by atoms with Gasteiger partial charge in [0.25, 0.3) is 5.91 Å². The summed E-state index contributed by atoms with van der Waals surface area (Å²) in [6.45, 7) is 0.478. The quantitative estimate of drug-likeness (QED) is 0.484.